The molecule has 20 heavy (non-hydrogen) atoms. The van der Waals surface area contributed by atoms with Gasteiger partial charge >= 0.3 is 5.97 Å². The third-order valence-corrected chi connectivity index (χ3v) is 3.85. The van der Waals surface area contributed by atoms with Crippen molar-refractivity contribution < 1.29 is 14.6 Å². The van der Waals surface area contributed by atoms with E-state index in [-0.39, 0.29) is 0 Å². The van der Waals surface area contributed by atoms with Gasteiger partial charge < -0.3 is 9.84 Å². The number of aliphatic hydroxyl groups is 1. The maximum Gasteiger partial charge on any atom is 0.339 e. The lowest BCUT2D eigenvalue weighted by atomic mass is 9.97. The summed E-state index contributed by atoms with van der Waals surface area (Å²) in [6.45, 7) is 0. The number of carbonyl (C=O) groups is 1. The predicted molar refractivity (Wildman–Crippen MR) is 76.0 cm³/mol. The molecule has 102 valence electrons. The van der Waals surface area contributed by atoms with Crippen LogP contribution >= 0.6 is 23.2 Å². The molecule has 0 aliphatic carbocycles. The third kappa shape index (κ3) is 2.18. The van der Waals surface area contributed by atoms with Gasteiger partial charge in [-0.15, -0.1) is 0 Å². The van der Waals surface area contributed by atoms with Gasteiger partial charge in [0.15, 0.2) is 6.10 Å². The highest BCUT2D eigenvalue weighted by atomic mass is 35.5. The van der Waals surface area contributed by atoms with Crippen LogP contribution in [0.25, 0.3) is 0 Å². The minimum atomic E-state index is -1.03. The fraction of sp³-hybridized carbons (Fsp3) is 0.133. The molecule has 2 aromatic carbocycles. The van der Waals surface area contributed by atoms with Crippen molar-refractivity contribution in [3.05, 3.63) is 69.2 Å². The molecule has 0 saturated heterocycles. The maximum absolute atomic E-state index is 11.8. The van der Waals surface area contributed by atoms with Gasteiger partial charge in [0.1, 0.15) is 6.10 Å². The van der Waals surface area contributed by atoms with E-state index in [0.29, 0.717) is 26.7 Å². The first-order valence-electron chi connectivity index (χ1n) is 6.01. The van der Waals surface area contributed by atoms with Crippen molar-refractivity contribution in [3.63, 3.8) is 0 Å². The number of benzene rings is 2. The Morgan fingerprint density at radius 1 is 1.15 bits per heavy atom. The minimum absolute atomic E-state index is 0.338. The second-order valence-corrected chi connectivity index (χ2v) is 5.37. The maximum atomic E-state index is 11.8. The van der Waals surface area contributed by atoms with Crippen LogP contribution in [0, 0.1) is 0 Å². The quantitative estimate of drug-likeness (QED) is 0.855. The van der Waals surface area contributed by atoms with Gasteiger partial charge in [0, 0.05) is 21.2 Å². The molecule has 0 saturated carbocycles. The number of fused-ring (bicyclic) bond motifs is 1. The molecule has 1 aliphatic rings. The lowest BCUT2D eigenvalue weighted by Crippen LogP contribution is -2.11. The number of esters is 1. The Hall–Kier alpha value is -1.55. The molecule has 2 aromatic rings. The molecule has 2 atom stereocenters. The van der Waals surface area contributed by atoms with E-state index in [9.17, 15) is 9.90 Å². The SMILES string of the molecule is O=C1O[C@@H]([C@H](O)c2ccc(Cl)cc2Cl)c2ccccc21. The highest BCUT2D eigenvalue weighted by molar-refractivity contribution is 6.35. The lowest BCUT2D eigenvalue weighted by Gasteiger charge is -2.19. The van der Waals surface area contributed by atoms with Crippen molar-refractivity contribution in [2.24, 2.45) is 0 Å². The van der Waals surface area contributed by atoms with E-state index in [0.717, 1.165) is 0 Å². The second-order valence-electron chi connectivity index (χ2n) is 4.52. The third-order valence-electron chi connectivity index (χ3n) is 3.29. The van der Waals surface area contributed by atoms with Crippen LogP contribution in [0.4, 0.5) is 0 Å². The first-order valence-corrected chi connectivity index (χ1v) is 6.76. The molecule has 1 aliphatic heterocycles. The van der Waals surface area contributed by atoms with E-state index in [4.69, 9.17) is 27.9 Å². The summed E-state index contributed by atoms with van der Waals surface area (Å²) in [5, 5.41) is 11.3. The summed E-state index contributed by atoms with van der Waals surface area (Å²) in [7, 11) is 0. The zero-order valence-corrected chi connectivity index (χ0v) is 11.7. The normalized spacial score (nSPS) is 18.6. The van der Waals surface area contributed by atoms with E-state index >= 15 is 0 Å². The molecule has 0 fully saturated rings. The van der Waals surface area contributed by atoms with Crippen molar-refractivity contribution in [2.45, 2.75) is 12.2 Å². The van der Waals surface area contributed by atoms with E-state index in [1.165, 1.54) is 0 Å². The zero-order chi connectivity index (χ0) is 14.3. The molecule has 0 aromatic heterocycles. The standard InChI is InChI=1S/C15H10Cl2O3/c16-8-5-6-11(12(17)7-8)13(18)14-9-3-1-2-4-10(9)15(19)20-14/h1-7,13-14,18H/t13-,14-/m1/s1. The van der Waals surface area contributed by atoms with Gasteiger partial charge in [-0.1, -0.05) is 47.5 Å². The van der Waals surface area contributed by atoms with Crippen LogP contribution in [-0.4, -0.2) is 11.1 Å². The number of cyclic esters (lactones) is 1. The molecule has 0 unspecified atom stereocenters. The monoisotopic (exact) mass is 308 g/mol. The summed E-state index contributed by atoms with van der Waals surface area (Å²) in [6, 6.07) is 11.8. The summed E-state index contributed by atoms with van der Waals surface area (Å²) >= 11 is 11.9. The minimum Gasteiger partial charge on any atom is -0.451 e. The van der Waals surface area contributed by atoms with E-state index in [2.05, 4.69) is 0 Å². The van der Waals surface area contributed by atoms with E-state index in [1.54, 1.807) is 42.5 Å². The van der Waals surface area contributed by atoms with Crippen molar-refractivity contribution in [3.8, 4) is 0 Å². The number of rotatable bonds is 2. The van der Waals surface area contributed by atoms with Crippen LogP contribution in [0.3, 0.4) is 0 Å². The van der Waals surface area contributed by atoms with Gasteiger partial charge in [-0.2, -0.15) is 0 Å². The Morgan fingerprint density at radius 3 is 2.65 bits per heavy atom. The van der Waals surface area contributed by atoms with E-state index in [1.807, 2.05) is 0 Å². The van der Waals surface area contributed by atoms with Crippen molar-refractivity contribution >= 4 is 29.2 Å². The van der Waals surface area contributed by atoms with E-state index < -0.39 is 18.2 Å². The number of hydrogen-bond acceptors (Lipinski definition) is 3. The fourth-order valence-electron chi connectivity index (χ4n) is 2.31. The van der Waals surface area contributed by atoms with Crippen molar-refractivity contribution in [1.29, 1.82) is 0 Å². The molecular formula is C15H10Cl2O3. The molecule has 5 heteroatoms. The smallest absolute Gasteiger partial charge is 0.339 e. The summed E-state index contributed by atoms with van der Waals surface area (Å²) in [5.41, 5.74) is 1.61. The first kappa shape index (κ1) is 13.4. The number of ether oxygens (including phenoxy) is 1. The fourth-order valence-corrected chi connectivity index (χ4v) is 2.83. The Balaban J connectivity index is 2.00. The topological polar surface area (TPSA) is 46.5 Å². The van der Waals surface area contributed by atoms with Crippen LogP contribution in [0.2, 0.25) is 10.0 Å². The Labute approximate surface area is 125 Å². The summed E-state index contributed by atoms with van der Waals surface area (Å²) in [5.74, 6) is -0.435. The summed E-state index contributed by atoms with van der Waals surface area (Å²) in [4.78, 5) is 11.8. The van der Waals surface area contributed by atoms with Gasteiger partial charge in [0.05, 0.1) is 5.56 Å². The largest absolute Gasteiger partial charge is 0.451 e. The van der Waals surface area contributed by atoms with Crippen LogP contribution in [-0.2, 0) is 4.74 Å². The molecule has 0 amide bonds. The highest BCUT2D eigenvalue weighted by Crippen LogP contribution is 2.41. The van der Waals surface area contributed by atoms with Crippen LogP contribution in [0.1, 0.15) is 33.7 Å². The molecule has 0 bridgehead atoms. The summed E-state index contributed by atoms with van der Waals surface area (Å²) in [6.07, 6.45) is -1.79. The number of hydrogen-bond donors (Lipinski definition) is 1. The molecule has 0 spiro atoms. The van der Waals surface area contributed by atoms with Gasteiger partial charge in [-0.05, 0) is 18.2 Å². The summed E-state index contributed by atoms with van der Waals surface area (Å²) < 4.78 is 5.25. The number of aliphatic hydroxyl groups excluding tert-OH is 1. The van der Waals surface area contributed by atoms with Gasteiger partial charge in [0.2, 0.25) is 0 Å². The first-order chi connectivity index (χ1) is 9.58. The molecule has 1 N–H and O–H groups in total. The second kappa shape index (κ2) is 5.09. The van der Waals surface area contributed by atoms with Crippen LogP contribution < -0.4 is 0 Å². The van der Waals surface area contributed by atoms with Crippen LogP contribution in [0.15, 0.2) is 42.5 Å². The molecule has 3 rings (SSSR count). The molecular weight excluding hydrogens is 299 g/mol. The number of carbonyl (C=O) groups excluding carboxylic acids is 1. The van der Waals surface area contributed by atoms with Crippen molar-refractivity contribution in [2.75, 3.05) is 0 Å². The molecule has 1 heterocycles. The average Bonchev–Trinajstić information content (AvgIpc) is 2.76. The lowest BCUT2D eigenvalue weighted by molar-refractivity contribution is -0.0102. The predicted octanol–water partition coefficient (Wildman–Crippen LogP) is 3.94. The van der Waals surface area contributed by atoms with Gasteiger partial charge in [-0.3, -0.25) is 0 Å². The molecule has 0 radical (unpaired) electrons. The Kier molecular flexibility index (Phi) is 3.42. The zero-order valence-electron chi connectivity index (χ0n) is 10.2. The Bertz CT molecular complexity index is 685. The van der Waals surface area contributed by atoms with Gasteiger partial charge in [-0.25, -0.2) is 4.79 Å². The Morgan fingerprint density at radius 2 is 1.90 bits per heavy atom. The average molecular weight is 309 g/mol. The highest BCUT2D eigenvalue weighted by Gasteiger charge is 2.36. The van der Waals surface area contributed by atoms with Crippen molar-refractivity contribution in [1.82, 2.24) is 0 Å². The molecule has 3 nitrogen and oxygen atoms in total. The van der Waals surface area contributed by atoms with Gasteiger partial charge in [0.25, 0.3) is 0 Å². The number of halogens is 2. The van der Waals surface area contributed by atoms with Crippen LogP contribution in [0.5, 0.6) is 0 Å².